The quantitative estimate of drug-likeness (QED) is 0.259. The molecule has 0 aliphatic heterocycles. The second-order valence-electron chi connectivity index (χ2n) is 7.95. The summed E-state index contributed by atoms with van der Waals surface area (Å²) in [6.07, 6.45) is 0. The zero-order chi connectivity index (χ0) is 25.9. The van der Waals surface area contributed by atoms with E-state index in [9.17, 15) is 18.0 Å². The molecule has 0 aromatic heterocycles. The Morgan fingerprint density at radius 3 is 2.14 bits per heavy atom. The van der Waals surface area contributed by atoms with E-state index >= 15 is 0 Å². The number of ketones is 1. The van der Waals surface area contributed by atoms with Crippen molar-refractivity contribution in [3.63, 3.8) is 0 Å². The third kappa shape index (κ3) is 5.76. The summed E-state index contributed by atoms with van der Waals surface area (Å²) >= 11 is 12.4. The second kappa shape index (κ2) is 10.5. The van der Waals surface area contributed by atoms with Gasteiger partial charge in [0.05, 0.1) is 26.9 Å². The lowest BCUT2D eigenvalue weighted by atomic mass is 10.0. The molecule has 4 rings (SSSR count). The maximum Gasteiger partial charge on any atom is 0.261 e. The van der Waals surface area contributed by atoms with Gasteiger partial charge in [-0.25, -0.2) is 8.42 Å². The lowest BCUT2D eigenvalue weighted by molar-refractivity contribution is 0.102. The number of carbonyl (C=O) groups excluding carboxylic acids is 2. The molecule has 182 valence electrons. The predicted molar refractivity (Wildman–Crippen MR) is 143 cm³/mol. The standard InChI is InChI=1S/C27H20Cl2N2O4S/c1-17-7-11-21(12-8-17)36(34,35)31-20-10-13-22(24(29)16-20)27(33)30-25-14-9-19(28)15-23(25)26(32)18-5-3-2-4-6-18/h2-16,31H,1H3,(H,30,33). The number of rotatable bonds is 7. The minimum absolute atomic E-state index is 0.0292. The molecule has 4 aromatic carbocycles. The van der Waals surface area contributed by atoms with Crippen molar-refractivity contribution in [1.29, 1.82) is 0 Å². The molecule has 0 aliphatic rings. The minimum atomic E-state index is -3.83. The minimum Gasteiger partial charge on any atom is -0.321 e. The fraction of sp³-hybridized carbons (Fsp3) is 0.0370. The van der Waals surface area contributed by atoms with Crippen LogP contribution in [0.4, 0.5) is 11.4 Å². The van der Waals surface area contributed by atoms with Gasteiger partial charge in [0, 0.05) is 16.1 Å². The average Bonchev–Trinajstić information content (AvgIpc) is 2.85. The summed E-state index contributed by atoms with van der Waals surface area (Å²) in [6, 6.07) is 23.8. The molecule has 0 heterocycles. The van der Waals surface area contributed by atoms with Crippen LogP contribution in [0, 0.1) is 6.92 Å². The van der Waals surface area contributed by atoms with Crippen molar-refractivity contribution in [3.05, 3.63) is 123 Å². The average molecular weight is 539 g/mol. The van der Waals surface area contributed by atoms with E-state index < -0.39 is 15.9 Å². The molecule has 0 radical (unpaired) electrons. The Hall–Kier alpha value is -3.65. The van der Waals surface area contributed by atoms with E-state index in [2.05, 4.69) is 10.0 Å². The topological polar surface area (TPSA) is 92.3 Å². The van der Waals surface area contributed by atoms with Gasteiger partial charge in [-0.3, -0.25) is 14.3 Å². The zero-order valence-corrected chi connectivity index (χ0v) is 21.3. The molecular formula is C27H20Cl2N2O4S. The molecule has 0 aliphatic carbocycles. The number of benzene rings is 4. The Balaban J connectivity index is 1.56. The largest absolute Gasteiger partial charge is 0.321 e. The molecule has 6 nitrogen and oxygen atoms in total. The summed E-state index contributed by atoms with van der Waals surface area (Å²) in [4.78, 5) is 26.1. The molecule has 0 saturated heterocycles. The monoisotopic (exact) mass is 538 g/mol. The first-order chi connectivity index (χ1) is 17.1. The molecule has 0 unspecified atom stereocenters. The van der Waals surface area contributed by atoms with Crippen LogP contribution in [0.1, 0.15) is 31.8 Å². The van der Waals surface area contributed by atoms with Crippen molar-refractivity contribution in [2.75, 3.05) is 10.0 Å². The number of hydrogen-bond acceptors (Lipinski definition) is 4. The van der Waals surface area contributed by atoms with Crippen LogP contribution >= 0.6 is 23.2 Å². The summed E-state index contributed by atoms with van der Waals surface area (Å²) in [5.41, 5.74) is 2.16. The Kier molecular flexibility index (Phi) is 7.45. The van der Waals surface area contributed by atoms with E-state index in [1.807, 2.05) is 6.92 Å². The van der Waals surface area contributed by atoms with E-state index in [-0.39, 0.29) is 38.2 Å². The molecule has 0 atom stereocenters. The number of halogens is 2. The number of sulfonamides is 1. The van der Waals surface area contributed by atoms with Crippen LogP contribution in [0.2, 0.25) is 10.0 Å². The lowest BCUT2D eigenvalue weighted by Gasteiger charge is -2.13. The second-order valence-corrected chi connectivity index (χ2v) is 10.5. The Labute approximate surface area is 218 Å². The third-order valence-corrected chi connectivity index (χ3v) is 7.25. The number of hydrogen-bond donors (Lipinski definition) is 2. The molecule has 9 heteroatoms. The van der Waals surface area contributed by atoms with E-state index in [1.165, 1.54) is 42.5 Å². The van der Waals surface area contributed by atoms with Gasteiger partial charge in [0.2, 0.25) is 0 Å². The number of anilines is 2. The summed E-state index contributed by atoms with van der Waals surface area (Å²) in [5, 5.41) is 3.08. The summed E-state index contributed by atoms with van der Waals surface area (Å²) < 4.78 is 27.8. The van der Waals surface area contributed by atoms with Gasteiger partial charge in [-0.2, -0.15) is 0 Å². The maximum absolute atomic E-state index is 13.0. The third-order valence-electron chi connectivity index (χ3n) is 5.31. The number of amides is 1. The first kappa shape index (κ1) is 25.4. The van der Waals surface area contributed by atoms with Gasteiger partial charge < -0.3 is 5.32 Å². The van der Waals surface area contributed by atoms with E-state index in [0.29, 0.717) is 10.6 Å². The van der Waals surface area contributed by atoms with Gasteiger partial charge in [-0.1, -0.05) is 71.2 Å². The molecule has 1 amide bonds. The van der Waals surface area contributed by atoms with Crippen molar-refractivity contribution in [2.24, 2.45) is 0 Å². The van der Waals surface area contributed by atoms with Gasteiger partial charge in [0.25, 0.3) is 15.9 Å². The predicted octanol–water partition coefficient (Wildman–Crippen LogP) is 6.59. The van der Waals surface area contributed by atoms with Crippen LogP contribution in [0.15, 0.2) is 95.9 Å². The highest BCUT2D eigenvalue weighted by Crippen LogP contribution is 2.27. The Morgan fingerprint density at radius 2 is 1.47 bits per heavy atom. The van der Waals surface area contributed by atoms with E-state index in [4.69, 9.17) is 23.2 Å². The van der Waals surface area contributed by atoms with Crippen LogP contribution in [0.3, 0.4) is 0 Å². The Bertz CT molecular complexity index is 1550. The van der Waals surface area contributed by atoms with Crippen LogP contribution in [-0.4, -0.2) is 20.1 Å². The van der Waals surface area contributed by atoms with Gasteiger partial charge in [0.15, 0.2) is 5.78 Å². The molecule has 0 fully saturated rings. The highest BCUT2D eigenvalue weighted by molar-refractivity contribution is 7.92. The van der Waals surface area contributed by atoms with Gasteiger partial charge in [0.1, 0.15) is 0 Å². The molecule has 0 bridgehead atoms. The van der Waals surface area contributed by atoms with Gasteiger partial charge in [-0.15, -0.1) is 0 Å². The number of carbonyl (C=O) groups is 2. The summed E-state index contributed by atoms with van der Waals surface area (Å²) in [6.45, 7) is 1.86. The first-order valence-corrected chi connectivity index (χ1v) is 13.0. The first-order valence-electron chi connectivity index (χ1n) is 10.7. The summed E-state index contributed by atoms with van der Waals surface area (Å²) in [7, 11) is -3.83. The maximum atomic E-state index is 13.0. The fourth-order valence-corrected chi connectivity index (χ4v) is 4.93. The van der Waals surface area contributed by atoms with Crippen LogP contribution in [0.25, 0.3) is 0 Å². The van der Waals surface area contributed by atoms with Crippen LogP contribution < -0.4 is 10.0 Å². The van der Waals surface area contributed by atoms with E-state index in [0.717, 1.165) is 5.56 Å². The fourth-order valence-electron chi connectivity index (χ4n) is 3.44. The Morgan fingerprint density at radius 1 is 0.778 bits per heavy atom. The molecule has 2 N–H and O–H groups in total. The zero-order valence-electron chi connectivity index (χ0n) is 19.0. The smallest absolute Gasteiger partial charge is 0.261 e. The summed E-state index contributed by atoms with van der Waals surface area (Å²) in [5.74, 6) is -0.877. The number of aryl methyl sites for hydroxylation is 1. The molecule has 4 aromatic rings. The van der Waals surface area contributed by atoms with Crippen molar-refractivity contribution in [3.8, 4) is 0 Å². The van der Waals surface area contributed by atoms with Crippen LogP contribution in [-0.2, 0) is 10.0 Å². The SMILES string of the molecule is Cc1ccc(S(=O)(=O)Nc2ccc(C(=O)Nc3ccc(Cl)cc3C(=O)c3ccccc3)c(Cl)c2)cc1. The normalized spacial score (nSPS) is 11.1. The lowest BCUT2D eigenvalue weighted by Crippen LogP contribution is -2.16. The molecule has 0 saturated carbocycles. The molecular weight excluding hydrogens is 519 g/mol. The van der Waals surface area contributed by atoms with E-state index in [1.54, 1.807) is 48.5 Å². The van der Waals surface area contributed by atoms with Crippen molar-refractivity contribution in [2.45, 2.75) is 11.8 Å². The van der Waals surface area contributed by atoms with Crippen molar-refractivity contribution < 1.29 is 18.0 Å². The molecule has 0 spiro atoms. The van der Waals surface area contributed by atoms with Crippen molar-refractivity contribution in [1.82, 2.24) is 0 Å². The van der Waals surface area contributed by atoms with Crippen LogP contribution in [0.5, 0.6) is 0 Å². The highest BCUT2D eigenvalue weighted by atomic mass is 35.5. The number of nitrogens with one attached hydrogen (secondary N) is 2. The van der Waals surface area contributed by atoms with Gasteiger partial charge in [-0.05, 0) is 55.5 Å². The van der Waals surface area contributed by atoms with Gasteiger partial charge >= 0.3 is 0 Å². The molecule has 36 heavy (non-hydrogen) atoms. The van der Waals surface area contributed by atoms with Crippen molar-refractivity contribution >= 4 is 56.3 Å². The highest BCUT2D eigenvalue weighted by Gasteiger charge is 2.19.